The summed E-state index contributed by atoms with van der Waals surface area (Å²) in [4.78, 5) is 17.5. The van der Waals surface area contributed by atoms with E-state index in [1.165, 1.54) is 16.8 Å². The lowest BCUT2D eigenvalue weighted by Crippen LogP contribution is -2.35. The highest BCUT2D eigenvalue weighted by molar-refractivity contribution is 5.95. The van der Waals surface area contributed by atoms with Crippen LogP contribution in [0.15, 0.2) is 54.6 Å². The zero-order valence-electron chi connectivity index (χ0n) is 21.2. The van der Waals surface area contributed by atoms with Crippen molar-refractivity contribution in [1.82, 2.24) is 10.2 Å². The Balaban J connectivity index is 1.50. The molecule has 2 aliphatic rings. The fourth-order valence-corrected chi connectivity index (χ4v) is 5.52. The normalized spacial score (nSPS) is 20.6. The molecule has 3 unspecified atom stereocenters. The number of nitrogens with one attached hydrogen (secondary N) is 2. The first-order chi connectivity index (χ1) is 16.6. The Hall–Kier alpha value is -2.79. The van der Waals surface area contributed by atoms with Crippen LogP contribution >= 0.6 is 0 Å². The van der Waals surface area contributed by atoms with Gasteiger partial charge in [-0.15, -0.1) is 0 Å². The quantitative estimate of drug-likeness (QED) is 0.464. The van der Waals surface area contributed by atoms with E-state index in [1.54, 1.807) is 0 Å². The van der Waals surface area contributed by atoms with Crippen LogP contribution in [0.4, 0.5) is 11.4 Å². The lowest BCUT2D eigenvalue weighted by atomic mass is 9.76. The van der Waals surface area contributed by atoms with Crippen LogP contribution in [0.3, 0.4) is 0 Å². The van der Waals surface area contributed by atoms with Crippen LogP contribution in [0, 0.1) is 5.92 Å². The molecule has 0 fully saturated rings. The number of benzene rings is 2. The van der Waals surface area contributed by atoms with Crippen LogP contribution in [0.1, 0.15) is 67.6 Å². The fraction of sp³-hybridized carbons (Fsp3) is 0.483. The van der Waals surface area contributed by atoms with Gasteiger partial charge in [0.1, 0.15) is 0 Å². The number of nitrogens with zero attached hydrogens (tertiary/aromatic N) is 2. The SMILES string of the molecule is CCN(CC)CCNC(=O)c1ccc2c(c1)C1C=CCC1C(c1ccc(N(CC)CC)cc1)N2. The van der Waals surface area contributed by atoms with Gasteiger partial charge in [0.25, 0.3) is 5.91 Å². The van der Waals surface area contributed by atoms with Gasteiger partial charge in [-0.3, -0.25) is 4.79 Å². The number of fused-ring (bicyclic) bond motifs is 3. The van der Waals surface area contributed by atoms with Gasteiger partial charge in [-0.2, -0.15) is 0 Å². The van der Waals surface area contributed by atoms with E-state index in [0.29, 0.717) is 18.4 Å². The summed E-state index contributed by atoms with van der Waals surface area (Å²) in [6, 6.07) is 15.5. The molecule has 4 rings (SSSR count). The second kappa shape index (κ2) is 11.1. The van der Waals surface area contributed by atoms with Crippen LogP contribution in [0.25, 0.3) is 0 Å². The third-order valence-corrected chi connectivity index (χ3v) is 7.61. The third kappa shape index (κ3) is 5.00. The molecule has 2 N–H and O–H groups in total. The van der Waals surface area contributed by atoms with Crippen molar-refractivity contribution in [2.45, 2.75) is 46.1 Å². The molecule has 2 aromatic rings. The second-order valence-corrected chi connectivity index (χ2v) is 9.32. The molecule has 1 heterocycles. The Morgan fingerprint density at radius 3 is 2.41 bits per heavy atom. The van der Waals surface area contributed by atoms with E-state index in [-0.39, 0.29) is 11.9 Å². The fourth-order valence-electron chi connectivity index (χ4n) is 5.52. The highest BCUT2D eigenvalue weighted by Gasteiger charge is 2.38. The number of allylic oxidation sites excluding steroid dienone is 2. The molecule has 0 radical (unpaired) electrons. The zero-order chi connectivity index (χ0) is 24.1. The average Bonchev–Trinajstić information content (AvgIpc) is 3.37. The maximum absolute atomic E-state index is 12.8. The van der Waals surface area contributed by atoms with Crippen molar-refractivity contribution < 1.29 is 4.79 Å². The molecule has 5 nitrogen and oxygen atoms in total. The number of rotatable bonds is 10. The van der Waals surface area contributed by atoms with Gasteiger partial charge in [-0.05, 0) is 80.7 Å². The Morgan fingerprint density at radius 2 is 1.74 bits per heavy atom. The maximum atomic E-state index is 12.8. The minimum Gasteiger partial charge on any atom is -0.378 e. The molecule has 0 bridgehead atoms. The largest absolute Gasteiger partial charge is 0.378 e. The van der Waals surface area contributed by atoms with Gasteiger partial charge in [0.05, 0.1) is 6.04 Å². The van der Waals surface area contributed by atoms with Crippen molar-refractivity contribution in [3.63, 3.8) is 0 Å². The molecule has 3 atom stereocenters. The summed E-state index contributed by atoms with van der Waals surface area (Å²) in [5.74, 6) is 0.822. The first-order valence-electron chi connectivity index (χ1n) is 13.0. The Labute approximate surface area is 205 Å². The summed E-state index contributed by atoms with van der Waals surface area (Å²) in [6.07, 6.45) is 5.70. The summed E-state index contributed by atoms with van der Waals surface area (Å²) in [5.41, 5.74) is 5.75. The number of amides is 1. The highest BCUT2D eigenvalue weighted by Crippen LogP contribution is 2.50. The molecular weight excluding hydrogens is 420 g/mol. The van der Waals surface area contributed by atoms with Crippen LogP contribution in [0.5, 0.6) is 0 Å². The maximum Gasteiger partial charge on any atom is 0.251 e. The van der Waals surface area contributed by atoms with Gasteiger partial charge < -0.3 is 20.4 Å². The molecule has 1 aliphatic carbocycles. The minimum atomic E-state index is 0.0163. The Kier molecular flexibility index (Phi) is 7.94. The number of anilines is 2. The van der Waals surface area contributed by atoms with E-state index in [9.17, 15) is 4.79 Å². The molecule has 1 amide bonds. The summed E-state index contributed by atoms with van der Waals surface area (Å²) in [7, 11) is 0. The minimum absolute atomic E-state index is 0.0163. The molecular formula is C29H40N4O. The highest BCUT2D eigenvalue weighted by atomic mass is 16.1. The third-order valence-electron chi connectivity index (χ3n) is 7.61. The summed E-state index contributed by atoms with van der Waals surface area (Å²) in [6.45, 7) is 14.3. The summed E-state index contributed by atoms with van der Waals surface area (Å²) in [5, 5.41) is 6.91. The van der Waals surface area contributed by atoms with Crippen LogP contribution < -0.4 is 15.5 Å². The zero-order valence-corrected chi connectivity index (χ0v) is 21.2. The van der Waals surface area contributed by atoms with Crippen molar-refractivity contribution in [3.8, 4) is 0 Å². The van der Waals surface area contributed by atoms with E-state index in [4.69, 9.17) is 0 Å². The smallest absolute Gasteiger partial charge is 0.251 e. The van der Waals surface area contributed by atoms with Crippen LogP contribution in [-0.2, 0) is 0 Å². The van der Waals surface area contributed by atoms with Crippen LogP contribution in [0.2, 0.25) is 0 Å². The lowest BCUT2D eigenvalue weighted by molar-refractivity contribution is 0.0948. The molecule has 0 saturated carbocycles. The predicted molar refractivity (Wildman–Crippen MR) is 143 cm³/mol. The predicted octanol–water partition coefficient (Wildman–Crippen LogP) is 5.43. The van der Waals surface area contributed by atoms with E-state index in [2.05, 4.69) is 96.7 Å². The molecule has 0 spiro atoms. The molecule has 182 valence electrons. The average molecular weight is 461 g/mol. The van der Waals surface area contributed by atoms with Gasteiger partial charge in [-0.25, -0.2) is 0 Å². The summed E-state index contributed by atoms with van der Waals surface area (Å²) >= 11 is 0. The van der Waals surface area contributed by atoms with Gasteiger partial charge in [0.15, 0.2) is 0 Å². The van der Waals surface area contributed by atoms with Crippen molar-refractivity contribution in [1.29, 1.82) is 0 Å². The van der Waals surface area contributed by atoms with Crippen LogP contribution in [-0.4, -0.2) is 50.1 Å². The molecule has 1 aliphatic heterocycles. The van der Waals surface area contributed by atoms with Gasteiger partial charge in [0, 0.05) is 49.0 Å². The number of carbonyl (C=O) groups excluding carboxylic acids is 1. The second-order valence-electron chi connectivity index (χ2n) is 9.32. The number of likely N-dealkylation sites (N-methyl/N-ethyl adjacent to an activating group) is 1. The Morgan fingerprint density at radius 1 is 1.00 bits per heavy atom. The first kappa shape index (κ1) is 24.3. The first-order valence-corrected chi connectivity index (χ1v) is 13.0. The van der Waals surface area contributed by atoms with E-state index in [1.807, 2.05) is 6.07 Å². The van der Waals surface area contributed by atoms with E-state index >= 15 is 0 Å². The molecule has 34 heavy (non-hydrogen) atoms. The van der Waals surface area contributed by atoms with Crippen molar-refractivity contribution >= 4 is 17.3 Å². The van der Waals surface area contributed by atoms with Gasteiger partial charge >= 0.3 is 0 Å². The summed E-state index contributed by atoms with van der Waals surface area (Å²) < 4.78 is 0. The van der Waals surface area contributed by atoms with Crippen molar-refractivity contribution in [3.05, 3.63) is 71.3 Å². The number of hydrogen-bond donors (Lipinski definition) is 2. The molecule has 0 aromatic heterocycles. The molecule has 5 heteroatoms. The molecule has 0 saturated heterocycles. The number of carbonyl (C=O) groups is 1. The van der Waals surface area contributed by atoms with Gasteiger partial charge in [0.2, 0.25) is 0 Å². The van der Waals surface area contributed by atoms with E-state index in [0.717, 1.165) is 50.4 Å². The van der Waals surface area contributed by atoms with E-state index < -0.39 is 0 Å². The molecule has 2 aromatic carbocycles. The Bertz CT molecular complexity index is 992. The van der Waals surface area contributed by atoms with Crippen molar-refractivity contribution in [2.24, 2.45) is 5.92 Å². The number of hydrogen-bond acceptors (Lipinski definition) is 4. The van der Waals surface area contributed by atoms with Crippen molar-refractivity contribution in [2.75, 3.05) is 49.5 Å². The standard InChI is InChI=1S/C29H40N4O/c1-5-32(6-2)19-18-30-29(34)22-14-17-27-26(20-22)24-10-9-11-25(24)28(31-27)21-12-15-23(16-13-21)33(7-3)8-4/h9-10,12-17,20,24-25,28,31H,5-8,11,18-19H2,1-4H3,(H,30,34). The lowest BCUT2D eigenvalue weighted by Gasteiger charge is -2.38. The van der Waals surface area contributed by atoms with Gasteiger partial charge in [-0.1, -0.05) is 38.1 Å². The topological polar surface area (TPSA) is 47.6 Å². The monoisotopic (exact) mass is 460 g/mol.